The van der Waals surface area contributed by atoms with Crippen molar-refractivity contribution in [3.63, 3.8) is 0 Å². The van der Waals surface area contributed by atoms with Gasteiger partial charge in [0.2, 0.25) is 11.8 Å². The van der Waals surface area contributed by atoms with Crippen molar-refractivity contribution in [1.82, 2.24) is 29.7 Å². The van der Waals surface area contributed by atoms with Crippen molar-refractivity contribution in [3.8, 4) is 5.75 Å². The molecule has 1 aliphatic heterocycles. The van der Waals surface area contributed by atoms with Crippen molar-refractivity contribution in [2.45, 2.75) is 51.4 Å². The predicted octanol–water partition coefficient (Wildman–Crippen LogP) is 7.00. The van der Waals surface area contributed by atoms with Gasteiger partial charge in [-0.25, -0.2) is 19.9 Å². The van der Waals surface area contributed by atoms with Crippen molar-refractivity contribution >= 4 is 84.2 Å². The molecule has 0 spiro atoms. The Morgan fingerprint density at radius 1 is 0.865 bits per heavy atom. The number of benzene rings is 1. The Bertz CT molecular complexity index is 2240. The van der Waals surface area contributed by atoms with Crippen LogP contribution in [0, 0.1) is 11.8 Å². The highest BCUT2D eigenvalue weighted by Gasteiger charge is 2.34. The van der Waals surface area contributed by atoms with Crippen LogP contribution < -0.4 is 10.1 Å². The number of halogens is 4. The van der Waals surface area contributed by atoms with E-state index < -0.39 is 6.36 Å². The predicted molar refractivity (Wildman–Crippen MR) is 196 cm³/mol. The number of anilines is 2. The molecule has 11 nitrogen and oxygen atoms in total. The fourth-order valence-electron chi connectivity index (χ4n) is 7.00. The minimum absolute atomic E-state index is 0.0855. The van der Waals surface area contributed by atoms with Crippen LogP contribution in [0.5, 0.6) is 5.75 Å². The van der Waals surface area contributed by atoms with Gasteiger partial charge in [-0.05, 0) is 72.9 Å². The molecule has 3 aliphatic rings. The molecule has 2 aliphatic carbocycles. The van der Waals surface area contributed by atoms with Crippen molar-refractivity contribution in [2.75, 3.05) is 33.5 Å². The second kappa shape index (κ2) is 14.2. The zero-order valence-electron chi connectivity index (χ0n) is 28.7. The van der Waals surface area contributed by atoms with E-state index in [2.05, 4.69) is 35.0 Å². The van der Waals surface area contributed by atoms with Gasteiger partial charge in [0, 0.05) is 56.0 Å². The van der Waals surface area contributed by atoms with Crippen molar-refractivity contribution < 1.29 is 27.5 Å². The number of aryl methyl sites for hydroxylation is 2. The summed E-state index contributed by atoms with van der Waals surface area (Å²) < 4.78 is 43.5. The number of aromatic nitrogens is 4. The highest BCUT2D eigenvalue weighted by Crippen LogP contribution is 2.43. The number of carbonyl (C=O) groups excluding carboxylic acids is 2. The van der Waals surface area contributed by atoms with Crippen LogP contribution in [0.15, 0.2) is 29.8 Å². The molecule has 0 saturated carbocycles. The number of carbonyl (C=O) groups is 2. The summed E-state index contributed by atoms with van der Waals surface area (Å²) in [5, 5.41) is 5.34. The Balaban J connectivity index is 0.000000187. The minimum atomic E-state index is -4.83. The Hall–Kier alpha value is -4.41. The summed E-state index contributed by atoms with van der Waals surface area (Å²) in [5.74, 6) is 0.377. The van der Waals surface area contributed by atoms with Crippen LogP contribution in [0.3, 0.4) is 0 Å². The van der Waals surface area contributed by atoms with Gasteiger partial charge < -0.3 is 19.9 Å². The van der Waals surface area contributed by atoms with Crippen molar-refractivity contribution in [2.24, 2.45) is 16.8 Å². The second-order valence-electron chi connectivity index (χ2n) is 13.3. The van der Waals surface area contributed by atoms with Crippen molar-refractivity contribution in [1.29, 1.82) is 0 Å². The van der Waals surface area contributed by atoms with E-state index in [1.165, 1.54) is 40.5 Å². The number of hydrogen-bond donors (Lipinski definition) is 1. The molecule has 17 heteroatoms. The number of amides is 2. The maximum Gasteiger partial charge on any atom is 0.573 e. The number of rotatable bonds is 5. The third kappa shape index (κ3) is 7.15. The highest BCUT2D eigenvalue weighted by atomic mass is 35.5. The van der Waals surface area contributed by atoms with Gasteiger partial charge >= 0.3 is 6.36 Å². The van der Waals surface area contributed by atoms with Crippen molar-refractivity contribution in [3.05, 3.63) is 61.9 Å². The molecule has 0 unspecified atom stereocenters. The van der Waals surface area contributed by atoms with Gasteiger partial charge in [-0.1, -0.05) is 11.6 Å². The Morgan fingerprint density at radius 3 is 2.04 bits per heavy atom. The number of alkyl halides is 3. The molecule has 1 aromatic carbocycles. The zero-order chi connectivity index (χ0) is 36.9. The molecule has 2 atom stereocenters. The summed E-state index contributed by atoms with van der Waals surface area (Å²) in [6.45, 7) is 0.312. The van der Waals surface area contributed by atoms with Crippen LogP contribution in [0.4, 0.5) is 24.7 Å². The SMILES string of the molecule is CN(C)C(=O)[C@H]1CCc2c(sc3ncnc(Cl)c23)C1.CN(C)C(=O)[C@H]1CCc2c(sc3ncnc(Nc4cc5c(cc4OC(F)(F)F)CN=C5)c23)C1. The van der Waals surface area contributed by atoms with Gasteiger partial charge in [-0.3, -0.25) is 14.6 Å². The first-order chi connectivity index (χ1) is 24.8. The van der Waals surface area contributed by atoms with E-state index in [1.807, 2.05) is 14.1 Å². The molecule has 272 valence electrons. The third-order valence-electron chi connectivity index (χ3n) is 9.44. The lowest BCUT2D eigenvalue weighted by Crippen LogP contribution is -2.32. The highest BCUT2D eigenvalue weighted by molar-refractivity contribution is 7.19. The van der Waals surface area contributed by atoms with Crippen LogP contribution >= 0.6 is 34.3 Å². The van der Waals surface area contributed by atoms with E-state index in [1.54, 1.807) is 47.5 Å². The maximum absolute atomic E-state index is 13.1. The standard InChI is InChI=1S/C22H20F3N5O2S.C13H14ClN3OS/c1-30(2)21(31)11-3-4-14-17(7-11)33-20-18(14)19(27-10-28-20)29-15-5-12-8-26-9-13(12)6-16(15)32-22(23,24)25;1-17(2)13(18)7-3-4-8-9(5-7)19-12-10(8)11(14)15-6-16-12/h5-6,8,10-11H,3-4,7,9H2,1-2H3,(H,27,28,29);6-7H,3-5H2,1-2H3/t11-;7-/m00/s1. The molecule has 52 heavy (non-hydrogen) atoms. The molecule has 0 saturated heterocycles. The van der Waals surface area contributed by atoms with Gasteiger partial charge in [0.05, 0.1) is 23.0 Å². The molecule has 0 fully saturated rings. The Kier molecular flexibility index (Phi) is 9.82. The van der Waals surface area contributed by atoms with Gasteiger partial charge in [-0.15, -0.1) is 35.8 Å². The molecular formula is C35H34ClF3N8O3S2. The molecular weight excluding hydrogens is 737 g/mol. The van der Waals surface area contributed by atoms with E-state index >= 15 is 0 Å². The summed E-state index contributed by atoms with van der Waals surface area (Å²) in [5.41, 5.74) is 3.83. The van der Waals surface area contributed by atoms with E-state index in [4.69, 9.17) is 11.6 Å². The first kappa shape index (κ1) is 36.0. The van der Waals surface area contributed by atoms with Crippen LogP contribution in [0.1, 0.15) is 44.8 Å². The quantitative estimate of drug-likeness (QED) is 0.190. The van der Waals surface area contributed by atoms with Gasteiger partial charge in [0.15, 0.2) is 5.75 Å². The number of hydrogen-bond acceptors (Lipinski definition) is 11. The molecule has 8 rings (SSSR count). The van der Waals surface area contributed by atoms with E-state index in [-0.39, 0.29) is 35.1 Å². The van der Waals surface area contributed by atoms with E-state index in [0.29, 0.717) is 42.3 Å². The van der Waals surface area contributed by atoms with Crippen LogP contribution in [-0.2, 0) is 41.8 Å². The second-order valence-corrected chi connectivity index (χ2v) is 15.8. The average molecular weight is 771 g/mol. The number of nitrogens with one attached hydrogen (secondary N) is 1. The number of fused-ring (bicyclic) bond motifs is 7. The van der Waals surface area contributed by atoms with E-state index in [9.17, 15) is 22.8 Å². The number of aliphatic imine (C=N–C) groups is 1. The molecule has 5 aromatic rings. The lowest BCUT2D eigenvalue weighted by atomic mass is 9.87. The molecule has 2 amide bonds. The number of ether oxygens (including phenoxy) is 1. The third-order valence-corrected chi connectivity index (χ3v) is 12.0. The normalized spacial score (nSPS) is 17.5. The lowest BCUT2D eigenvalue weighted by Gasteiger charge is -2.24. The van der Waals surface area contributed by atoms with Crippen LogP contribution in [0.25, 0.3) is 20.4 Å². The summed E-state index contributed by atoms with van der Waals surface area (Å²) >= 11 is 9.30. The van der Waals surface area contributed by atoms with Gasteiger partial charge in [0.25, 0.3) is 0 Å². The Morgan fingerprint density at radius 2 is 1.44 bits per heavy atom. The summed E-state index contributed by atoms with van der Waals surface area (Å²) in [6.07, 6.45) is 4.21. The maximum atomic E-state index is 13.1. The fraction of sp³-hybridized carbons (Fsp3) is 0.400. The largest absolute Gasteiger partial charge is 0.573 e. The molecule has 0 radical (unpaired) electrons. The summed E-state index contributed by atoms with van der Waals surface area (Å²) in [7, 11) is 7.12. The van der Waals surface area contributed by atoms with Gasteiger partial charge in [0.1, 0.15) is 33.3 Å². The smallest absolute Gasteiger partial charge is 0.404 e. The molecule has 5 heterocycles. The van der Waals surface area contributed by atoms with Crippen LogP contribution in [-0.4, -0.2) is 82.3 Å². The fourth-order valence-corrected chi connectivity index (χ4v) is 9.84. The zero-order valence-corrected chi connectivity index (χ0v) is 31.1. The number of nitrogens with zero attached hydrogens (tertiary/aromatic N) is 7. The van der Waals surface area contributed by atoms with Crippen LogP contribution in [0.2, 0.25) is 5.15 Å². The number of thiophene rings is 2. The Labute approximate surface area is 309 Å². The molecule has 4 aromatic heterocycles. The average Bonchev–Trinajstić information content (AvgIpc) is 3.82. The summed E-state index contributed by atoms with van der Waals surface area (Å²) in [6, 6.07) is 2.95. The molecule has 0 bridgehead atoms. The molecule has 1 N–H and O–H groups in total. The lowest BCUT2D eigenvalue weighted by molar-refractivity contribution is -0.274. The summed E-state index contributed by atoms with van der Waals surface area (Å²) in [4.78, 5) is 52.9. The minimum Gasteiger partial charge on any atom is -0.404 e. The van der Waals surface area contributed by atoms with E-state index in [0.717, 1.165) is 55.7 Å². The monoisotopic (exact) mass is 770 g/mol. The first-order valence-corrected chi connectivity index (χ1v) is 18.6. The topological polar surface area (TPSA) is 126 Å². The first-order valence-electron chi connectivity index (χ1n) is 16.5. The van der Waals surface area contributed by atoms with Gasteiger partial charge in [-0.2, -0.15) is 0 Å².